The number of amides is 1. The largest absolute Gasteiger partial charge is 0.339 e. The molecule has 0 spiro atoms. The first kappa shape index (κ1) is 16.0. The monoisotopic (exact) mass is 288 g/mol. The number of piperidine rings is 1. The van der Waals surface area contributed by atoms with Crippen LogP contribution in [0.2, 0.25) is 0 Å². The summed E-state index contributed by atoms with van der Waals surface area (Å²) in [7, 11) is 0. The van der Waals surface area contributed by atoms with E-state index in [1.807, 2.05) is 18.2 Å². The van der Waals surface area contributed by atoms with Gasteiger partial charge in [0.1, 0.15) is 0 Å². The Labute approximate surface area is 128 Å². The fourth-order valence-electron chi connectivity index (χ4n) is 3.27. The van der Waals surface area contributed by atoms with Crippen molar-refractivity contribution in [3.05, 3.63) is 35.9 Å². The van der Waals surface area contributed by atoms with Gasteiger partial charge in [-0.05, 0) is 44.3 Å². The topological polar surface area (TPSA) is 32.3 Å². The molecule has 0 aromatic heterocycles. The number of hydrogen-bond acceptors (Lipinski definition) is 2. The molecule has 1 aromatic carbocycles. The van der Waals surface area contributed by atoms with Gasteiger partial charge in [-0.1, -0.05) is 44.2 Å². The Morgan fingerprint density at radius 1 is 1.24 bits per heavy atom. The first-order valence-corrected chi connectivity index (χ1v) is 8.34. The summed E-state index contributed by atoms with van der Waals surface area (Å²) in [5.74, 6) is 0.324. The van der Waals surface area contributed by atoms with Crippen molar-refractivity contribution in [2.75, 3.05) is 19.6 Å². The molecule has 116 valence electrons. The van der Waals surface area contributed by atoms with E-state index < -0.39 is 0 Å². The highest BCUT2D eigenvalue weighted by Crippen LogP contribution is 2.25. The van der Waals surface area contributed by atoms with Crippen LogP contribution < -0.4 is 5.32 Å². The number of nitrogens with one attached hydrogen (secondary N) is 1. The average molecular weight is 288 g/mol. The average Bonchev–Trinajstić information content (AvgIpc) is 2.55. The molecule has 1 atom stereocenters. The molecule has 1 N–H and O–H groups in total. The Balaban J connectivity index is 2.15. The molecule has 0 radical (unpaired) electrons. The number of carbonyl (C=O) groups excluding carboxylic acids is 1. The van der Waals surface area contributed by atoms with Crippen LogP contribution in [-0.2, 0) is 4.79 Å². The summed E-state index contributed by atoms with van der Waals surface area (Å²) >= 11 is 0. The zero-order valence-corrected chi connectivity index (χ0v) is 13.3. The van der Waals surface area contributed by atoms with Gasteiger partial charge in [-0.2, -0.15) is 0 Å². The van der Waals surface area contributed by atoms with Gasteiger partial charge in [-0.3, -0.25) is 4.79 Å². The normalized spacial score (nSPS) is 17.4. The molecule has 0 aliphatic carbocycles. The van der Waals surface area contributed by atoms with Crippen molar-refractivity contribution in [1.82, 2.24) is 10.2 Å². The second kappa shape index (κ2) is 8.18. The molecule has 3 nitrogen and oxygen atoms in total. The van der Waals surface area contributed by atoms with E-state index >= 15 is 0 Å². The second-order valence-electron chi connectivity index (χ2n) is 5.88. The highest BCUT2D eigenvalue weighted by molar-refractivity contribution is 5.84. The van der Waals surface area contributed by atoms with E-state index in [0.717, 1.165) is 50.9 Å². The minimum atomic E-state index is 0.00707. The van der Waals surface area contributed by atoms with Crippen LogP contribution in [0, 0.1) is 0 Å². The number of benzene rings is 1. The van der Waals surface area contributed by atoms with Crippen molar-refractivity contribution >= 4 is 5.91 Å². The standard InChI is InChI=1S/C18H28N2O/c1-3-14-20(16-10-12-19-13-11-16)18(21)17(4-2)15-8-6-5-7-9-15/h5-9,16-17,19H,3-4,10-14H2,1-2H3. The van der Waals surface area contributed by atoms with Crippen LogP contribution in [0.4, 0.5) is 0 Å². The molecule has 1 aromatic rings. The quantitative estimate of drug-likeness (QED) is 0.872. The molecule has 1 saturated heterocycles. The maximum Gasteiger partial charge on any atom is 0.230 e. The molecule has 2 rings (SSSR count). The Bertz CT molecular complexity index is 426. The molecule has 1 amide bonds. The summed E-state index contributed by atoms with van der Waals surface area (Å²) in [5, 5.41) is 3.39. The van der Waals surface area contributed by atoms with E-state index in [9.17, 15) is 4.79 Å². The van der Waals surface area contributed by atoms with Crippen molar-refractivity contribution < 1.29 is 4.79 Å². The maximum absolute atomic E-state index is 13.1. The molecule has 21 heavy (non-hydrogen) atoms. The van der Waals surface area contributed by atoms with Gasteiger partial charge in [0.2, 0.25) is 5.91 Å². The van der Waals surface area contributed by atoms with E-state index in [1.165, 1.54) is 0 Å². The molecule has 3 heteroatoms. The van der Waals surface area contributed by atoms with Crippen LogP contribution in [0.15, 0.2) is 30.3 Å². The molecule has 1 aliphatic heterocycles. The smallest absolute Gasteiger partial charge is 0.230 e. The van der Waals surface area contributed by atoms with Gasteiger partial charge in [-0.15, -0.1) is 0 Å². The Morgan fingerprint density at radius 2 is 1.90 bits per heavy atom. The Morgan fingerprint density at radius 3 is 2.48 bits per heavy atom. The number of hydrogen-bond donors (Lipinski definition) is 1. The Kier molecular flexibility index (Phi) is 6.24. The number of carbonyl (C=O) groups is 1. The van der Waals surface area contributed by atoms with Gasteiger partial charge < -0.3 is 10.2 Å². The van der Waals surface area contributed by atoms with Gasteiger partial charge in [0.05, 0.1) is 5.92 Å². The lowest BCUT2D eigenvalue weighted by Crippen LogP contribution is -2.48. The first-order chi connectivity index (χ1) is 10.3. The highest BCUT2D eigenvalue weighted by Gasteiger charge is 2.29. The lowest BCUT2D eigenvalue weighted by Gasteiger charge is -2.36. The third-order valence-electron chi connectivity index (χ3n) is 4.41. The summed E-state index contributed by atoms with van der Waals surface area (Å²) in [6.07, 6.45) is 4.06. The predicted molar refractivity (Wildman–Crippen MR) is 87.4 cm³/mol. The lowest BCUT2D eigenvalue weighted by atomic mass is 9.93. The zero-order valence-electron chi connectivity index (χ0n) is 13.3. The van der Waals surface area contributed by atoms with Crippen LogP contribution in [-0.4, -0.2) is 36.5 Å². The van der Waals surface area contributed by atoms with Crippen LogP contribution in [0.5, 0.6) is 0 Å². The molecular formula is C18H28N2O. The van der Waals surface area contributed by atoms with Crippen molar-refractivity contribution in [2.24, 2.45) is 0 Å². The van der Waals surface area contributed by atoms with E-state index in [1.54, 1.807) is 0 Å². The van der Waals surface area contributed by atoms with Crippen LogP contribution in [0.1, 0.15) is 51.0 Å². The maximum atomic E-state index is 13.1. The van der Waals surface area contributed by atoms with Crippen molar-refractivity contribution in [3.8, 4) is 0 Å². The SMILES string of the molecule is CCCN(C(=O)C(CC)c1ccccc1)C1CCNCC1. The summed E-state index contributed by atoms with van der Waals surface area (Å²) in [6, 6.07) is 10.6. The summed E-state index contributed by atoms with van der Waals surface area (Å²) in [4.78, 5) is 15.2. The minimum Gasteiger partial charge on any atom is -0.339 e. The number of nitrogens with zero attached hydrogens (tertiary/aromatic N) is 1. The van der Waals surface area contributed by atoms with Crippen molar-refractivity contribution in [2.45, 2.75) is 51.5 Å². The molecular weight excluding hydrogens is 260 g/mol. The van der Waals surface area contributed by atoms with Crippen LogP contribution in [0.25, 0.3) is 0 Å². The Hall–Kier alpha value is -1.35. The van der Waals surface area contributed by atoms with Gasteiger partial charge in [-0.25, -0.2) is 0 Å². The fourth-order valence-corrected chi connectivity index (χ4v) is 3.27. The van der Waals surface area contributed by atoms with Crippen LogP contribution >= 0.6 is 0 Å². The summed E-state index contributed by atoms with van der Waals surface area (Å²) in [5.41, 5.74) is 1.15. The van der Waals surface area contributed by atoms with E-state index in [2.05, 4.69) is 36.2 Å². The van der Waals surface area contributed by atoms with Gasteiger partial charge in [0.15, 0.2) is 0 Å². The van der Waals surface area contributed by atoms with Gasteiger partial charge >= 0.3 is 0 Å². The van der Waals surface area contributed by atoms with E-state index in [-0.39, 0.29) is 5.92 Å². The molecule has 1 unspecified atom stereocenters. The molecule has 0 bridgehead atoms. The first-order valence-electron chi connectivity index (χ1n) is 8.34. The summed E-state index contributed by atoms with van der Waals surface area (Å²) in [6.45, 7) is 7.21. The third-order valence-corrected chi connectivity index (χ3v) is 4.41. The minimum absolute atomic E-state index is 0.00707. The molecule has 0 saturated carbocycles. The third kappa shape index (κ3) is 4.07. The van der Waals surface area contributed by atoms with Crippen LogP contribution in [0.3, 0.4) is 0 Å². The summed E-state index contributed by atoms with van der Waals surface area (Å²) < 4.78 is 0. The van der Waals surface area contributed by atoms with E-state index in [0.29, 0.717) is 11.9 Å². The van der Waals surface area contributed by atoms with E-state index in [4.69, 9.17) is 0 Å². The molecule has 1 heterocycles. The predicted octanol–water partition coefficient (Wildman–Crippen LogP) is 3.17. The van der Waals surface area contributed by atoms with Crippen molar-refractivity contribution in [1.29, 1.82) is 0 Å². The zero-order chi connectivity index (χ0) is 15.1. The highest BCUT2D eigenvalue weighted by atomic mass is 16.2. The molecule has 1 fully saturated rings. The lowest BCUT2D eigenvalue weighted by molar-refractivity contribution is -0.135. The number of rotatable bonds is 6. The van der Waals surface area contributed by atoms with Gasteiger partial charge in [0, 0.05) is 12.6 Å². The molecule has 1 aliphatic rings. The van der Waals surface area contributed by atoms with Crippen molar-refractivity contribution in [3.63, 3.8) is 0 Å². The van der Waals surface area contributed by atoms with Gasteiger partial charge in [0.25, 0.3) is 0 Å². The fraction of sp³-hybridized carbons (Fsp3) is 0.611. The second-order valence-corrected chi connectivity index (χ2v) is 5.88.